The Kier molecular flexibility index (Phi) is 3.49. The predicted octanol–water partition coefficient (Wildman–Crippen LogP) is 2.58. The third-order valence-corrected chi connectivity index (χ3v) is 2.30. The Morgan fingerprint density at radius 2 is 2.07 bits per heavy atom. The Morgan fingerprint density at radius 1 is 1.43 bits per heavy atom. The molecule has 1 rings (SSSR count). The third kappa shape index (κ3) is 2.05. The molecular formula is C9H6Cl2NO2. The zero-order valence-electron chi connectivity index (χ0n) is 7.01. The van der Waals surface area contributed by atoms with Gasteiger partial charge in [-0.05, 0) is 12.1 Å². The van der Waals surface area contributed by atoms with Gasteiger partial charge in [-0.15, -0.1) is 0 Å². The van der Waals surface area contributed by atoms with Crippen LogP contribution in [0.3, 0.4) is 0 Å². The van der Waals surface area contributed by atoms with Crippen LogP contribution in [0.15, 0.2) is 12.1 Å². The maximum absolute atomic E-state index is 11.0. The van der Waals surface area contributed by atoms with Gasteiger partial charge in [-0.1, -0.05) is 23.2 Å². The molecule has 0 bridgehead atoms. The number of rotatable bonds is 3. The molecule has 0 spiro atoms. The number of anilines is 1. The molecule has 0 aliphatic heterocycles. The van der Waals surface area contributed by atoms with E-state index in [1.807, 2.05) is 0 Å². The summed E-state index contributed by atoms with van der Waals surface area (Å²) in [6.45, 7) is 3.22. The van der Waals surface area contributed by atoms with Crippen molar-refractivity contribution in [1.29, 1.82) is 0 Å². The van der Waals surface area contributed by atoms with Gasteiger partial charge in [-0.25, -0.2) is 0 Å². The van der Waals surface area contributed by atoms with Gasteiger partial charge < -0.3 is 5.32 Å². The van der Waals surface area contributed by atoms with Crippen LogP contribution in [0.25, 0.3) is 0 Å². The van der Waals surface area contributed by atoms with Gasteiger partial charge in [0.15, 0.2) is 5.78 Å². The SMILES string of the molecule is [CH2]C(=O)c1ccc(Cl)c(NC=O)c1Cl. The molecule has 1 amide bonds. The molecule has 1 aromatic rings. The highest BCUT2D eigenvalue weighted by Crippen LogP contribution is 2.32. The highest BCUT2D eigenvalue weighted by molar-refractivity contribution is 6.41. The topological polar surface area (TPSA) is 46.2 Å². The molecule has 73 valence electrons. The number of ketones is 1. The molecule has 1 aromatic carbocycles. The van der Waals surface area contributed by atoms with E-state index in [0.29, 0.717) is 6.41 Å². The molecule has 1 N–H and O–H groups in total. The summed E-state index contributed by atoms with van der Waals surface area (Å²) >= 11 is 11.6. The molecule has 0 saturated carbocycles. The van der Waals surface area contributed by atoms with E-state index in [9.17, 15) is 9.59 Å². The van der Waals surface area contributed by atoms with Crippen molar-refractivity contribution >= 4 is 41.1 Å². The van der Waals surface area contributed by atoms with Crippen molar-refractivity contribution in [3.8, 4) is 0 Å². The molecule has 0 aliphatic carbocycles. The number of amides is 1. The van der Waals surface area contributed by atoms with Crippen LogP contribution in [-0.2, 0) is 4.79 Å². The average molecular weight is 231 g/mol. The summed E-state index contributed by atoms with van der Waals surface area (Å²) in [7, 11) is 0. The number of halogens is 2. The van der Waals surface area contributed by atoms with Crippen molar-refractivity contribution in [3.05, 3.63) is 34.7 Å². The van der Waals surface area contributed by atoms with Gasteiger partial charge in [0.2, 0.25) is 6.41 Å². The highest BCUT2D eigenvalue weighted by Gasteiger charge is 2.12. The number of carbonyl (C=O) groups excluding carboxylic acids is 2. The molecular weight excluding hydrogens is 225 g/mol. The van der Waals surface area contributed by atoms with Crippen LogP contribution in [-0.4, -0.2) is 12.2 Å². The Morgan fingerprint density at radius 3 is 2.57 bits per heavy atom. The Labute approximate surface area is 91.0 Å². The van der Waals surface area contributed by atoms with Gasteiger partial charge in [-0.3, -0.25) is 9.59 Å². The largest absolute Gasteiger partial charge is 0.326 e. The smallest absolute Gasteiger partial charge is 0.211 e. The number of Topliss-reactive ketones (excluding diaryl/α,β-unsaturated/α-hetero) is 1. The first-order valence-electron chi connectivity index (χ1n) is 3.62. The summed E-state index contributed by atoms with van der Waals surface area (Å²) in [6, 6.07) is 2.92. The van der Waals surface area contributed by atoms with Gasteiger partial charge >= 0.3 is 0 Å². The van der Waals surface area contributed by atoms with Crippen molar-refractivity contribution in [2.75, 3.05) is 5.32 Å². The predicted molar refractivity (Wildman–Crippen MR) is 55.8 cm³/mol. The summed E-state index contributed by atoms with van der Waals surface area (Å²) in [4.78, 5) is 21.2. The molecule has 5 heteroatoms. The van der Waals surface area contributed by atoms with Crippen LogP contribution >= 0.6 is 23.2 Å². The van der Waals surface area contributed by atoms with E-state index in [1.165, 1.54) is 12.1 Å². The number of hydrogen-bond acceptors (Lipinski definition) is 2. The lowest BCUT2D eigenvalue weighted by molar-refractivity contribution is -0.105. The molecule has 14 heavy (non-hydrogen) atoms. The van der Waals surface area contributed by atoms with Crippen LogP contribution in [0.1, 0.15) is 10.4 Å². The van der Waals surface area contributed by atoms with Gasteiger partial charge in [0, 0.05) is 12.5 Å². The summed E-state index contributed by atoms with van der Waals surface area (Å²) in [6.07, 6.45) is 0.435. The van der Waals surface area contributed by atoms with E-state index in [2.05, 4.69) is 12.2 Å². The van der Waals surface area contributed by atoms with Crippen molar-refractivity contribution < 1.29 is 9.59 Å². The third-order valence-electron chi connectivity index (χ3n) is 1.59. The summed E-state index contributed by atoms with van der Waals surface area (Å²) in [5.41, 5.74) is 0.443. The minimum absolute atomic E-state index is 0.101. The monoisotopic (exact) mass is 230 g/mol. The fourth-order valence-electron chi connectivity index (χ4n) is 0.959. The molecule has 0 aromatic heterocycles. The van der Waals surface area contributed by atoms with E-state index >= 15 is 0 Å². The van der Waals surface area contributed by atoms with Crippen molar-refractivity contribution in [1.82, 2.24) is 0 Å². The molecule has 1 radical (unpaired) electrons. The molecule has 0 heterocycles. The standard InChI is InChI=1S/C9H6Cl2NO2/c1-5(14)6-2-3-7(10)9(8(6)11)12-4-13/h2-4H,1H2,(H,12,13). The van der Waals surface area contributed by atoms with E-state index in [-0.39, 0.29) is 21.3 Å². The van der Waals surface area contributed by atoms with Gasteiger partial charge in [0.05, 0.1) is 15.7 Å². The van der Waals surface area contributed by atoms with Crippen LogP contribution in [0.2, 0.25) is 10.0 Å². The van der Waals surface area contributed by atoms with Crippen molar-refractivity contribution in [2.24, 2.45) is 0 Å². The second-order valence-electron chi connectivity index (χ2n) is 2.47. The lowest BCUT2D eigenvalue weighted by Crippen LogP contribution is -2.00. The summed E-state index contributed by atoms with van der Waals surface area (Å²) in [5, 5.41) is 2.69. The maximum Gasteiger partial charge on any atom is 0.211 e. The van der Waals surface area contributed by atoms with Crippen LogP contribution in [0.5, 0.6) is 0 Å². The van der Waals surface area contributed by atoms with Gasteiger partial charge in [0.25, 0.3) is 0 Å². The average Bonchev–Trinajstić information content (AvgIpc) is 2.11. The second-order valence-corrected chi connectivity index (χ2v) is 3.25. The fraction of sp³-hybridized carbons (Fsp3) is 0. The first kappa shape index (κ1) is 11.0. The first-order chi connectivity index (χ1) is 6.57. The Hall–Kier alpha value is -1.06. The quantitative estimate of drug-likeness (QED) is 0.641. The van der Waals surface area contributed by atoms with E-state index < -0.39 is 5.78 Å². The zero-order valence-corrected chi connectivity index (χ0v) is 8.52. The summed E-state index contributed by atoms with van der Waals surface area (Å²) in [5.74, 6) is -0.430. The Balaban J connectivity index is 3.32. The van der Waals surface area contributed by atoms with E-state index in [0.717, 1.165) is 0 Å². The molecule has 0 aliphatic rings. The lowest BCUT2D eigenvalue weighted by atomic mass is 10.1. The Bertz CT molecular complexity index is 391. The number of carbonyl (C=O) groups is 2. The molecule has 3 nitrogen and oxygen atoms in total. The molecule has 0 unspecified atom stereocenters. The first-order valence-corrected chi connectivity index (χ1v) is 4.38. The zero-order chi connectivity index (χ0) is 10.7. The molecule has 0 saturated heterocycles. The number of benzene rings is 1. The van der Waals surface area contributed by atoms with Crippen LogP contribution in [0, 0.1) is 6.92 Å². The van der Waals surface area contributed by atoms with E-state index in [1.54, 1.807) is 0 Å². The van der Waals surface area contributed by atoms with Gasteiger partial charge in [0.1, 0.15) is 0 Å². The number of hydrogen-bond donors (Lipinski definition) is 1. The lowest BCUT2D eigenvalue weighted by Gasteiger charge is -2.07. The minimum Gasteiger partial charge on any atom is -0.326 e. The summed E-state index contributed by atoms with van der Waals surface area (Å²) < 4.78 is 0. The minimum atomic E-state index is -0.430. The van der Waals surface area contributed by atoms with Crippen molar-refractivity contribution in [3.63, 3.8) is 0 Å². The van der Waals surface area contributed by atoms with Crippen molar-refractivity contribution in [2.45, 2.75) is 0 Å². The fourth-order valence-corrected chi connectivity index (χ4v) is 1.54. The number of nitrogens with one attached hydrogen (secondary N) is 1. The molecule has 0 atom stereocenters. The van der Waals surface area contributed by atoms with Crippen LogP contribution in [0.4, 0.5) is 5.69 Å². The maximum atomic E-state index is 11.0. The normalized spacial score (nSPS) is 9.64. The highest BCUT2D eigenvalue weighted by atomic mass is 35.5. The van der Waals surface area contributed by atoms with Gasteiger partial charge in [-0.2, -0.15) is 0 Å². The van der Waals surface area contributed by atoms with Crippen LogP contribution < -0.4 is 5.32 Å². The van der Waals surface area contributed by atoms with E-state index in [4.69, 9.17) is 23.2 Å². The second kappa shape index (κ2) is 4.44. The molecule has 0 fully saturated rings.